The van der Waals surface area contributed by atoms with E-state index in [1.807, 2.05) is 35.2 Å². The zero-order valence-corrected chi connectivity index (χ0v) is 9.04. The Kier molecular flexibility index (Phi) is 2.47. The van der Waals surface area contributed by atoms with Crippen molar-refractivity contribution in [2.24, 2.45) is 0 Å². The van der Waals surface area contributed by atoms with Gasteiger partial charge in [-0.05, 0) is 24.5 Å². The molecule has 0 saturated carbocycles. The number of benzene rings is 1. The van der Waals surface area contributed by atoms with Crippen molar-refractivity contribution in [2.75, 3.05) is 12.0 Å². The van der Waals surface area contributed by atoms with Crippen LogP contribution in [0.5, 0.6) is 0 Å². The van der Waals surface area contributed by atoms with E-state index in [9.17, 15) is 0 Å². The third kappa shape index (κ3) is 1.67. The smallest absolute Gasteiger partial charge is 0.0402 e. The molecule has 2 aromatic rings. The molecule has 3 heteroatoms. The summed E-state index contributed by atoms with van der Waals surface area (Å²) >= 11 is 3.68. The minimum absolute atomic E-state index is 0.890. The normalized spacial score (nSPS) is 10.8. The van der Waals surface area contributed by atoms with Crippen LogP contribution in [0.15, 0.2) is 24.3 Å². The Labute approximate surface area is 85.9 Å². The van der Waals surface area contributed by atoms with Crippen molar-refractivity contribution in [1.29, 1.82) is 0 Å². The molecule has 1 aromatic heterocycles. The fourth-order valence-electron chi connectivity index (χ4n) is 1.35. The molecule has 0 fully saturated rings. The average Bonchev–Trinajstić information content (AvgIpc) is 2.49. The number of rotatable bonds is 2. The topological polar surface area (TPSA) is 26.0 Å². The van der Waals surface area contributed by atoms with E-state index in [0.717, 1.165) is 11.4 Å². The molecule has 1 aromatic carbocycles. The van der Waals surface area contributed by atoms with Crippen LogP contribution in [0, 0.1) is 0 Å². The lowest BCUT2D eigenvalue weighted by atomic mass is 10.2. The van der Waals surface area contributed by atoms with Gasteiger partial charge in [-0.2, -0.15) is 11.8 Å². The van der Waals surface area contributed by atoms with Crippen molar-refractivity contribution in [3.63, 3.8) is 0 Å². The lowest BCUT2D eigenvalue weighted by Crippen LogP contribution is -1.82. The molecular weight excluding hydrogens is 198 g/mol. The van der Waals surface area contributed by atoms with E-state index in [2.05, 4.69) is 18.4 Å². The van der Waals surface area contributed by atoms with Crippen LogP contribution in [-0.2, 0) is 5.75 Å². The van der Waals surface area contributed by atoms with Gasteiger partial charge in [0.05, 0.1) is 0 Å². The Morgan fingerprint density at radius 3 is 3.00 bits per heavy atom. The highest BCUT2D eigenvalue weighted by atomic mass is 32.2. The highest BCUT2D eigenvalue weighted by Gasteiger charge is 2.02. The number of thiophene rings is 1. The summed E-state index contributed by atoms with van der Waals surface area (Å²) in [4.78, 5) is 1.40. The van der Waals surface area contributed by atoms with Crippen molar-refractivity contribution < 1.29 is 0 Å². The second-order valence-corrected chi connectivity index (χ2v) is 4.94. The van der Waals surface area contributed by atoms with Crippen LogP contribution in [0.3, 0.4) is 0 Å². The van der Waals surface area contributed by atoms with Gasteiger partial charge in [0, 0.05) is 26.4 Å². The minimum Gasteiger partial charge on any atom is -0.398 e. The summed E-state index contributed by atoms with van der Waals surface area (Å²) < 4.78 is 1.30. The summed E-state index contributed by atoms with van der Waals surface area (Å²) in [5, 5.41) is 1.21. The largest absolute Gasteiger partial charge is 0.398 e. The predicted octanol–water partition coefficient (Wildman–Crippen LogP) is 3.35. The number of nitrogen functional groups attached to an aromatic ring is 1. The zero-order valence-electron chi connectivity index (χ0n) is 7.41. The fourth-order valence-corrected chi connectivity index (χ4v) is 3.20. The molecule has 0 spiro atoms. The van der Waals surface area contributed by atoms with Gasteiger partial charge in [0.15, 0.2) is 0 Å². The summed E-state index contributed by atoms with van der Waals surface area (Å²) in [7, 11) is 0. The first-order valence-electron chi connectivity index (χ1n) is 4.07. The van der Waals surface area contributed by atoms with Crippen LogP contribution in [0.2, 0.25) is 0 Å². The van der Waals surface area contributed by atoms with Gasteiger partial charge >= 0.3 is 0 Å². The Balaban J connectivity index is 2.55. The number of fused-ring (bicyclic) bond motifs is 1. The third-order valence-electron chi connectivity index (χ3n) is 1.93. The highest BCUT2D eigenvalue weighted by molar-refractivity contribution is 7.97. The molecule has 0 saturated heterocycles. The molecular formula is C10H11NS2. The Hall–Kier alpha value is -0.670. The average molecular weight is 209 g/mol. The summed E-state index contributed by atoms with van der Waals surface area (Å²) in [6.07, 6.45) is 2.12. The second kappa shape index (κ2) is 3.60. The molecule has 0 atom stereocenters. The molecule has 0 aliphatic heterocycles. The first-order chi connectivity index (χ1) is 6.31. The molecule has 1 nitrogen and oxygen atoms in total. The maximum atomic E-state index is 5.87. The number of anilines is 1. The number of hydrogen-bond acceptors (Lipinski definition) is 3. The molecule has 0 amide bonds. The molecule has 0 radical (unpaired) electrons. The van der Waals surface area contributed by atoms with E-state index in [1.54, 1.807) is 0 Å². The molecule has 1 heterocycles. The van der Waals surface area contributed by atoms with E-state index < -0.39 is 0 Å². The van der Waals surface area contributed by atoms with E-state index in [-0.39, 0.29) is 0 Å². The molecule has 2 rings (SSSR count). The van der Waals surface area contributed by atoms with Crippen LogP contribution in [0.1, 0.15) is 4.88 Å². The van der Waals surface area contributed by atoms with E-state index in [4.69, 9.17) is 5.73 Å². The predicted molar refractivity (Wildman–Crippen MR) is 63.5 cm³/mol. The second-order valence-electron chi connectivity index (χ2n) is 2.90. The number of nitrogens with two attached hydrogens (primary N) is 1. The van der Waals surface area contributed by atoms with Gasteiger partial charge in [-0.25, -0.2) is 0 Å². The van der Waals surface area contributed by atoms with Gasteiger partial charge < -0.3 is 5.73 Å². The lowest BCUT2D eigenvalue weighted by Gasteiger charge is -1.92. The summed E-state index contributed by atoms with van der Waals surface area (Å²) in [5.41, 5.74) is 6.76. The van der Waals surface area contributed by atoms with E-state index in [0.29, 0.717) is 0 Å². The molecule has 13 heavy (non-hydrogen) atoms. The monoisotopic (exact) mass is 209 g/mol. The Bertz CT molecular complexity index is 420. The van der Waals surface area contributed by atoms with Gasteiger partial charge in [-0.1, -0.05) is 6.07 Å². The molecule has 0 aliphatic rings. The maximum absolute atomic E-state index is 5.87. The van der Waals surface area contributed by atoms with Gasteiger partial charge in [-0.15, -0.1) is 11.3 Å². The van der Waals surface area contributed by atoms with E-state index in [1.165, 1.54) is 15.0 Å². The quantitative estimate of drug-likeness (QED) is 0.768. The maximum Gasteiger partial charge on any atom is 0.0402 e. The van der Waals surface area contributed by atoms with Crippen molar-refractivity contribution in [3.05, 3.63) is 29.1 Å². The summed E-state index contributed by atoms with van der Waals surface area (Å²) in [6, 6.07) is 8.29. The Morgan fingerprint density at radius 2 is 2.31 bits per heavy atom. The van der Waals surface area contributed by atoms with Gasteiger partial charge in [-0.3, -0.25) is 0 Å². The van der Waals surface area contributed by atoms with Crippen molar-refractivity contribution >= 4 is 38.9 Å². The van der Waals surface area contributed by atoms with Crippen molar-refractivity contribution in [3.8, 4) is 0 Å². The number of thioether (sulfide) groups is 1. The van der Waals surface area contributed by atoms with Gasteiger partial charge in [0.25, 0.3) is 0 Å². The van der Waals surface area contributed by atoms with Crippen LogP contribution in [0.4, 0.5) is 5.69 Å². The first-order valence-corrected chi connectivity index (χ1v) is 6.28. The van der Waals surface area contributed by atoms with Gasteiger partial charge in [0.2, 0.25) is 0 Å². The molecule has 0 unspecified atom stereocenters. The third-order valence-corrected chi connectivity index (χ3v) is 3.82. The summed E-state index contributed by atoms with van der Waals surface area (Å²) in [5.74, 6) is 1.08. The van der Waals surface area contributed by atoms with Crippen molar-refractivity contribution in [1.82, 2.24) is 0 Å². The first kappa shape index (κ1) is 8.91. The fraction of sp³-hybridized carbons (Fsp3) is 0.200. The van der Waals surface area contributed by atoms with Crippen LogP contribution in [0.25, 0.3) is 10.1 Å². The minimum atomic E-state index is 0.890. The Morgan fingerprint density at radius 1 is 1.46 bits per heavy atom. The number of hydrogen-bond donors (Lipinski definition) is 1. The summed E-state index contributed by atoms with van der Waals surface area (Å²) in [6.45, 7) is 0. The van der Waals surface area contributed by atoms with Crippen LogP contribution < -0.4 is 5.73 Å². The van der Waals surface area contributed by atoms with Crippen molar-refractivity contribution in [2.45, 2.75) is 5.75 Å². The zero-order chi connectivity index (χ0) is 9.26. The standard InChI is InChI=1S/C10H11NS2/c1-12-6-7-5-8-9(11)3-2-4-10(8)13-7/h2-5H,6,11H2,1H3. The van der Waals surface area contributed by atoms with Crippen LogP contribution >= 0.6 is 23.1 Å². The molecule has 0 aliphatic carbocycles. The molecule has 2 N–H and O–H groups in total. The molecule has 68 valence electrons. The lowest BCUT2D eigenvalue weighted by molar-refractivity contribution is 1.56. The van der Waals surface area contributed by atoms with E-state index >= 15 is 0 Å². The molecule has 0 bridgehead atoms. The SMILES string of the molecule is CSCc1cc2c(N)cccc2s1. The van der Waals surface area contributed by atoms with Crippen LogP contribution in [-0.4, -0.2) is 6.26 Å². The van der Waals surface area contributed by atoms with Gasteiger partial charge in [0.1, 0.15) is 0 Å². The highest BCUT2D eigenvalue weighted by Crippen LogP contribution is 2.31.